The molecule has 152 valence electrons. The number of Topliss-reactive ketones (excluding diaryl/α,β-unsaturated/α-hetero) is 1. The van der Waals surface area contributed by atoms with E-state index in [9.17, 15) is 4.79 Å². The lowest BCUT2D eigenvalue weighted by atomic mass is 9.96. The van der Waals surface area contributed by atoms with Gasteiger partial charge in [0.2, 0.25) is 0 Å². The Kier molecular flexibility index (Phi) is 5.33. The van der Waals surface area contributed by atoms with Crippen LogP contribution in [0.2, 0.25) is 0 Å². The van der Waals surface area contributed by atoms with E-state index < -0.39 is 6.17 Å². The highest BCUT2D eigenvalue weighted by Crippen LogP contribution is 2.26. The Bertz CT molecular complexity index is 1280. The number of anilines is 1. The molecule has 1 atom stereocenters. The van der Waals surface area contributed by atoms with E-state index in [1.165, 1.54) is 0 Å². The summed E-state index contributed by atoms with van der Waals surface area (Å²) in [5, 5.41) is 11.3. The lowest BCUT2D eigenvalue weighted by Gasteiger charge is -2.11. The molecule has 4 aromatic rings. The molecule has 3 aromatic carbocycles. The fourth-order valence-corrected chi connectivity index (χ4v) is 4.16. The smallest absolute Gasteiger partial charge is 0.317 e. The van der Waals surface area contributed by atoms with Gasteiger partial charge in [0.1, 0.15) is 0 Å². The molecule has 1 aliphatic heterocycles. The van der Waals surface area contributed by atoms with Crippen molar-refractivity contribution in [3.63, 3.8) is 0 Å². The summed E-state index contributed by atoms with van der Waals surface area (Å²) < 4.78 is 6.80. The Morgan fingerprint density at radius 1 is 0.871 bits per heavy atom. The summed E-state index contributed by atoms with van der Waals surface area (Å²) in [7, 11) is 0. The summed E-state index contributed by atoms with van der Waals surface area (Å²) in [6.45, 7) is 0. The summed E-state index contributed by atoms with van der Waals surface area (Å²) in [5.41, 5.74) is 4.45. The van der Waals surface area contributed by atoms with Crippen molar-refractivity contribution in [3.05, 3.63) is 99.1 Å². The van der Waals surface area contributed by atoms with E-state index in [-0.39, 0.29) is 18.2 Å². The van der Waals surface area contributed by atoms with Crippen molar-refractivity contribution in [1.29, 1.82) is 0 Å². The van der Waals surface area contributed by atoms with Gasteiger partial charge >= 0.3 is 6.01 Å². The van der Waals surface area contributed by atoms with Gasteiger partial charge in [0.05, 0.1) is 11.3 Å². The number of hydrogen-bond donors (Lipinski definition) is 1. The van der Waals surface area contributed by atoms with Crippen molar-refractivity contribution in [2.75, 3.05) is 5.32 Å². The summed E-state index contributed by atoms with van der Waals surface area (Å²) in [5.74, 6) is 0.330. The number of aromatic nitrogens is 2. The predicted molar refractivity (Wildman–Crippen MR) is 127 cm³/mol. The van der Waals surface area contributed by atoms with Crippen molar-refractivity contribution in [2.45, 2.75) is 12.6 Å². The van der Waals surface area contributed by atoms with Gasteiger partial charge in [0, 0.05) is 21.1 Å². The van der Waals surface area contributed by atoms with E-state index in [4.69, 9.17) is 9.41 Å². The van der Waals surface area contributed by atoms with Gasteiger partial charge in [0.25, 0.3) is 5.89 Å². The number of carbonyl (C=O) groups excluding carboxylic acids is 1. The molecule has 2 heterocycles. The van der Waals surface area contributed by atoms with Crippen molar-refractivity contribution in [3.8, 4) is 11.5 Å². The minimum absolute atomic E-state index is 0.0626. The number of halogens is 1. The normalized spacial score (nSPS) is 15.7. The van der Waals surface area contributed by atoms with Gasteiger partial charge in [-0.15, -0.1) is 5.10 Å². The van der Waals surface area contributed by atoms with Crippen LogP contribution in [0, 0.1) is 3.57 Å². The minimum Gasteiger partial charge on any atom is -0.403 e. The molecule has 6 nitrogen and oxygen atoms in total. The first-order chi connectivity index (χ1) is 15.2. The van der Waals surface area contributed by atoms with Crippen molar-refractivity contribution >= 4 is 40.1 Å². The molecule has 0 saturated carbocycles. The fraction of sp³-hybridized carbons (Fsp3) is 0.0833. The molecule has 0 saturated heterocycles. The zero-order valence-corrected chi connectivity index (χ0v) is 18.5. The first kappa shape index (κ1) is 19.6. The summed E-state index contributed by atoms with van der Waals surface area (Å²) in [4.78, 5) is 17.8. The highest BCUT2D eigenvalue weighted by Gasteiger charge is 2.27. The SMILES string of the molecule is O=C1Cc2ccccc2C(c2ccccc2)=NC1Nc1nnc(-c2ccccc2I)o1. The Labute approximate surface area is 192 Å². The van der Waals surface area contributed by atoms with Crippen molar-refractivity contribution in [1.82, 2.24) is 10.2 Å². The van der Waals surface area contributed by atoms with Gasteiger partial charge in [-0.05, 0) is 40.3 Å². The lowest BCUT2D eigenvalue weighted by Crippen LogP contribution is -2.29. The number of nitrogens with one attached hydrogen (secondary N) is 1. The molecule has 5 rings (SSSR count). The standard InChI is InChI=1S/C24H17IN4O2/c25-19-13-7-6-12-18(19)23-28-29-24(31-23)27-22-20(30)14-16-10-4-5-11-17(16)21(26-22)15-8-2-1-3-9-15/h1-13,22H,14H2,(H,27,29). The summed E-state index contributed by atoms with van der Waals surface area (Å²) in [6.07, 6.45) is -0.559. The molecule has 0 spiro atoms. The second-order valence-electron chi connectivity index (χ2n) is 7.08. The van der Waals surface area contributed by atoms with Gasteiger partial charge in [-0.1, -0.05) is 71.8 Å². The van der Waals surface area contributed by atoms with Crippen LogP contribution < -0.4 is 5.32 Å². The molecular weight excluding hydrogens is 503 g/mol. The minimum atomic E-state index is -0.828. The maximum Gasteiger partial charge on any atom is 0.317 e. The highest BCUT2D eigenvalue weighted by molar-refractivity contribution is 14.1. The zero-order valence-electron chi connectivity index (χ0n) is 16.3. The van der Waals surface area contributed by atoms with Crippen LogP contribution >= 0.6 is 22.6 Å². The molecule has 7 heteroatoms. The topological polar surface area (TPSA) is 80.4 Å². The van der Waals surface area contributed by atoms with E-state index in [1.807, 2.05) is 78.9 Å². The number of ketones is 1. The van der Waals surface area contributed by atoms with Crippen LogP contribution in [-0.4, -0.2) is 27.9 Å². The third-order valence-corrected chi connectivity index (χ3v) is 5.98. The van der Waals surface area contributed by atoms with E-state index in [1.54, 1.807) is 0 Å². The van der Waals surface area contributed by atoms with Crippen LogP contribution in [0.3, 0.4) is 0 Å². The molecule has 0 radical (unpaired) electrons. The fourth-order valence-electron chi connectivity index (χ4n) is 3.54. The Balaban J connectivity index is 1.51. The van der Waals surface area contributed by atoms with E-state index in [2.05, 4.69) is 38.1 Å². The number of rotatable bonds is 4. The van der Waals surface area contributed by atoms with Gasteiger partial charge in [-0.2, -0.15) is 0 Å². The van der Waals surface area contributed by atoms with Gasteiger partial charge < -0.3 is 9.73 Å². The molecule has 0 bridgehead atoms. The lowest BCUT2D eigenvalue weighted by molar-refractivity contribution is -0.119. The summed E-state index contributed by atoms with van der Waals surface area (Å²) >= 11 is 2.22. The monoisotopic (exact) mass is 520 g/mol. The van der Waals surface area contributed by atoms with Crippen LogP contribution in [0.4, 0.5) is 6.01 Å². The molecule has 1 N–H and O–H groups in total. The number of nitrogens with zero attached hydrogens (tertiary/aromatic N) is 3. The predicted octanol–water partition coefficient (Wildman–Crippen LogP) is 4.74. The second-order valence-corrected chi connectivity index (χ2v) is 8.25. The quantitative estimate of drug-likeness (QED) is 0.394. The molecule has 1 unspecified atom stereocenters. The number of benzene rings is 3. The Hall–Kier alpha value is -3.33. The Morgan fingerprint density at radius 2 is 1.58 bits per heavy atom. The average Bonchev–Trinajstić information content (AvgIpc) is 3.21. The van der Waals surface area contributed by atoms with Crippen LogP contribution in [0.15, 0.2) is 88.3 Å². The van der Waals surface area contributed by atoms with Crippen LogP contribution in [0.1, 0.15) is 16.7 Å². The Morgan fingerprint density at radius 3 is 2.39 bits per heavy atom. The number of hydrogen-bond acceptors (Lipinski definition) is 6. The number of aliphatic imine (C=N–C) groups is 1. The van der Waals surface area contributed by atoms with Gasteiger partial charge in [-0.25, -0.2) is 0 Å². The third-order valence-electron chi connectivity index (χ3n) is 5.04. The third kappa shape index (κ3) is 4.00. The number of carbonyl (C=O) groups is 1. The van der Waals surface area contributed by atoms with E-state index >= 15 is 0 Å². The first-order valence-electron chi connectivity index (χ1n) is 9.78. The van der Waals surface area contributed by atoms with E-state index in [0.29, 0.717) is 5.89 Å². The second kappa shape index (κ2) is 8.43. The summed E-state index contributed by atoms with van der Waals surface area (Å²) in [6, 6.07) is 25.6. The molecule has 0 fully saturated rings. The molecule has 0 aliphatic carbocycles. The molecular formula is C24H17IN4O2. The first-order valence-corrected chi connectivity index (χ1v) is 10.9. The largest absolute Gasteiger partial charge is 0.403 e. The zero-order chi connectivity index (χ0) is 21.2. The highest BCUT2D eigenvalue weighted by atomic mass is 127. The average molecular weight is 520 g/mol. The maximum absolute atomic E-state index is 13.0. The van der Waals surface area contributed by atoms with Crippen LogP contribution in [0.25, 0.3) is 11.5 Å². The maximum atomic E-state index is 13.0. The number of fused-ring (bicyclic) bond motifs is 1. The van der Waals surface area contributed by atoms with Crippen LogP contribution in [0.5, 0.6) is 0 Å². The van der Waals surface area contributed by atoms with Crippen molar-refractivity contribution < 1.29 is 9.21 Å². The van der Waals surface area contributed by atoms with Crippen LogP contribution in [-0.2, 0) is 11.2 Å². The molecule has 0 amide bonds. The molecule has 31 heavy (non-hydrogen) atoms. The van der Waals surface area contributed by atoms with Gasteiger partial charge in [-0.3, -0.25) is 9.79 Å². The molecule has 1 aliphatic rings. The van der Waals surface area contributed by atoms with Crippen molar-refractivity contribution in [2.24, 2.45) is 4.99 Å². The van der Waals surface area contributed by atoms with Gasteiger partial charge in [0.15, 0.2) is 11.9 Å². The van der Waals surface area contributed by atoms with E-state index in [0.717, 1.165) is 31.5 Å². The molecule has 1 aromatic heterocycles.